The van der Waals surface area contributed by atoms with Crippen molar-refractivity contribution >= 4 is 17.5 Å². The fourth-order valence-electron chi connectivity index (χ4n) is 5.94. The molecule has 2 saturated carbocycles. The number of carbonyl (C=O) groups excluding carboxylic acids is 3. The monoisotopic (exact) mass is 440 g/mol. The van der Waals surface area contributed by atoms with Crippen LogP contribution in [-0.2, 0) is 19.1 Å². The molecule has 3 rings (SSSR count). The van der Waals surface area contributed by atoms with Gasteiger partial charge in [0.25, 0.3) is 0 Å². The number of fused-ring (bicyclic) bond motifs is 1. The summed E-state index contributed by atoms with van der Waals surface area (Å²) in [5.41, 5.74) is -0.521. The quantitative estimate of drug-likeness (QED) is 0.288. The second kappa shape index (κ2) is 9.49. The molecule has 0 spiro atoms. The number of carbonyl (C=O) groups is 3. The molecule has 6 atom stereocenters. The molecule has 176 valence electrons. The smallest absolute Gasteiger partial charge is 0.332 e. The normalized spacial score (nSPS) is 36.0. The average molecular weight is 441 g/mol. The third kappa shape index (κ3) is 4.84. The van der Waals surface area contributed by atoms with Gasteiger partial charge in [0.2, 0.25) is 0 Å². The first kappa shape index (κ1) is 24.7. The molecule has 0 aliphatic heterocycles. The van der Waals surface area contributed by atoms with Crippen molar-refractivity contribution in [2.45, 2.75) is 85.7 Å². The van der Waals surface area contributed by atoms with Crippen LogP contribution < -0.4 is 0 Å². The summed E-state index contributed by atoms with van der Waals surface area (Å²) in [6, 6.07) is 0. The molecule has 2 fully saturated rings. The summed E-state index contributed by atoms with van der Waals surface area (Å²) in [5, 5.41) is 0. The minimum Gasteiger partial charge on any atom is -0.448 e. The maximum absolute atomic E-state index is 12.8. The third-order valence-corrected chi connectivity index (χ3v) is 8.58. The fraction of sp³-hybridized carbons (Fsp3) is 0.679. The van der Waals surface area contributed by atoms with Crippen LogP contribution in [0.15, 0.2) is 36.0 Å². The SMILES string of the molecule is CC(C)C(C)/C=C/C(C)[C@H]1CC[C@H]2/C(=C/C(=O)OC3(C)CCC=CC3=O)C(=O)CC[C@]12C. The highest BCUT2D eigenvalue weighted by molar-refractivity contribution is 6.03. The van der Waals surface area contributed by atoms with Gasteiger partial charge < -0.3 is 4.74 Å². The molecule has 3 aliphatic carbocycles. The zero-order chi connectivity index (χ0) is 23.7. The number of allylic oxidation sites excluding steroid dienone is 4. The van der Waals surface area contributed by atoms with Crippen molar-refractivity contribution in [3.8, 4) is 0 Å². The van der Waals surface area contributed by atoms with Crippen molar-refractivity contribution in [1.82, 2.24) is 0 Å². The van der Waals surface area contributed by atoms with Crippen molar-refractivity contribution < 1.29 is 19.1 Å². The number of hydrogen-bond acceptors (Lipinski definition) is 4. The van der Waals surface area contributed by atoms with E-state index in [1.807, 2.05) is 6.08 Å². The summed E-state index contributed by atoms with van der Waals surface area (Å²) in [5.74, 6) is 1.46. The van der Waals surface area contributed by atoms with E-state index < -0.39 is 11.6 Å². The number of ether oxygens (including phenoxy) is 1. The van der Waals surface area contributed by atoms with Gasteiger partial charge in [-0.25, -0.2) is 4.79 Å². The van der Waals surface area contributed by atoms with Gasteiger partial charge in [0.15, 0.2) is 17.2 Å². The molecule has 0 aromatic heterocycles. The van der Waals surface area contributed by atoms with Gasteiger partial charge in [-0.2, -0.15) is 0 Å². The Bertz CT molecular complexity index is 847. The standard InChI is InChI=1S/C28H40O4/c1-18(2)19(3)10-11-20(4)22-12-13-23-21(24(29)14-16-27(22,23)5)17-26(31)32-28(6)15-8-7-9-25(28)30/h7,9-11,17-20,22-23H,8,12-16H2,1-6H3/b11-10+,21-17-/t19?,20?,22-,23+,27-,28?/m1/s1. The van der Waals surface area contributed by atoms with Crippen molar-refractivity contribution in [1.29, 1.82) is 0 Å². The van der Waals surface area contributed by atoms with Crippen LogP contribution in [0.5, 0.6) is 0 Å². The Morgan fingerprint density at radius 1 is 1.09 bits per heavy atom. The van der Waals surface area contributed by atoms with Crippen molar-refractivity contribution in [2.24, 2.45) is 35.0 Å². The minimum atomic E-state index is -1.13. The van der Waals surface area contributed by atoms with E-state index >= 15 is 0 Å². The minimum absolute atomic E-state index is 0.00184. The van der Waals surface area contributed by atoms with Gasteiger partial charge in [0.05, 0.1) is 0 Å². The van der Waals surface area contributed by atoms with E-state index in [-0.39, 0.29) is 22.9 Å². The topological polar surface area (TPSA) is 60.4 Å². The number of rotatable bonds is 6. The Morgan fingerprint density at radius 2 is 1.81 bits per heavy atom. The molecule has 0 aromatic carbocycles. The molecule has 3 unspecified atom stereocenters. The Hall–Kier alpha value is -1.97. The first-order valence-electron chi connectivity index (χ1n) is 12.3. The predicted molar refractivity (Wildman–Crippen MR) is 127 cm³/mol. The van der Waals surface area contributed by atoms with Crippen LogP contribution in [0.4, 0.5) is 0 Å². The van der Waals surface area contributed by atoms with E-state index in [9.17, 15) is 14.4 Å². The molecule has 0 aromatic rings. The van der Waals surface area contributed by atoms with Gasteiger partial charge in [-0.15, -0.1) is 0 Å². The molecule has 0 amide bonds. The molecule has 4 nitrogen and oxygen atoms in total. The van der Waals surface area contributed by atoms with Crippen molar-refractivity contribution in [3.63, 3.8) is 0 Å². The molecule has 0 radical (unpaired) electrons. The van der Waals surface area contributed by atoms with E-state index in [0.717, 1.165) is 19.3 Å². The van der Waals surface area contributed by atoms with Gasteiger partial charge in [-0.05, 0) is 80.1 Å². The molecular formula is C28H40O4. The summed E-state index contributed by atoms with van der Waals surface area (Å²) in [6.45, 7) is 13.0. The van der Waals surface area contributed by atoms with Crippen LogP contribution >= 0.6 is 0 Å². The van der Waals surface area contributed by atoms with E-state index in [1.54, 1.807) is 6.92 Å². The lowest BCUT2D eigenvalue weighted by atomic mass is 9.61. The highest BCUT2D eigenvalue weighted by Gasteiger charge is 2.52. The summed E-state index contributed by atoms with van der Waals surface area (Å²) >= 11 is 0. The van der Waals surface area contributed by atoms with Crippen molar-refractivity contribution in [3.05, 3.63) is 36.0 Å². The average Bonchev–Trinajstić information content (AvgIpc) is 3.08. The largest absolute Gasteiger partial charge is 0.448 e. The first-order valence-corrected chi connectivity index (χ1v) is 12.3. The predicted octanol–water partition coefficient (Wildman–Crippen LogP) is 6.01. The van der Waals surface area contributed by atoms with Gasteiger partial charge in [0, 0.05) is 18.1 Å². The van der Waals surface area contributed by atoms with Crippen molar-refractivity contribution in [2.75, 3.05) is 0 Å². The Labute approximate surface area is 193 Å². The molecular weight excluding hydrogens is 400 g/mol. The van der Waals surface area contributed by atoms with E-state index in [4.69, 9.17) is 4.74 Å². The molecule has 0 bridgehead atoms. The van der Waals surface area contributed by atoms with Crippen LogP contribution in [-0.4, -0.2) is 23.1 Å². The maximum Gasteiger partial charge on any atom is 0.332 e. The molecule has 32 heavy (non-hydrogen) atoms. The maximum atomic E-state index is 12.8. The fourth-order valence-corrected chi connectivity index (χ4v) is 5.94. The Balaban J connectivity index is 1.78. The lowest BCUT2D eigenvalue weighted by Crippen LogP contribution is -2.41. The van der Waals surface area contributed by atoms with Crippen LogP contribution in [0.3, 0.4) is 0 Å². The van der Waals surface area contributed by atoms with Crippen LogP contribution in [0.1, 0.15) is 80.1 Å². The number of ketones is 2. The molecule has 4 heteroatoms. The molecule has 3 aliphatic rings. The van der Waals surface area contributed by atoms with Gasteiger partial charge in [-0.3, -0.25) is 9.59 Å². The Kier molecular flexibility index (Phi) is 7.31. The number of Topliss-reactive ketones (excluding diaryl/α,β-unsaturated/α-hetero) is 1. The number of hydrogen-bond donors (Lipinski definition) is 0. The summed E-state index contributed by atoms with van der Waals surface area (Å²) in [7, 11) is 0. The zero-order valence-electron chi connectivity index (χ0n) is 20.6. The lowest BCUT2D eigenvalue weighted by molar-refractivity contribution is -0.160. The summed E-state index contributed by atoms with van der Waals surface area (Å²) < 4.78 is 5.61. The summed E-state index contributed by atoms with van der Waals surface area (Å²) in [6.07, 6.45) is 13.9. The molecule has 0 N–H and O–H groups in total. The molecule has 0 heterocycles. The first-order chi connectivity index (χ1) is 15.0. The van der Waals surface area contributed by atoms with Crippen LogP contribution in [0, 0.1) is 35.0 Å². The highest BCUT2D eigenvalue weighted by Crippen LogP contribution is 2.58. The van der Waals surface area contributed by atoms with Crippen LogP contribution in [0.25, 0.3) is 0 Å². The van der Waals surface area contributed by atoms with E-state index in [1.165, 1.54) is 12.2 Å². The summed E-state index contributed by atoms with van der Waals surface area (Å²) in [4.78, 5) is 37.9. The second-order valence-corrected chi connectivity index (χ2v) is 11.1. The van der Waals surface area contributed by atoms with E-state index in [2.05, 4.69) is 46.8 Å². The lowest BCUT2D eigenvalue weighted by Gasteiger charge is -2.43. The number of esters is 1. The molecule has 0 saturated heterocycles. The van der Waals surface area contributed by atoms with Gasteiger partial charge in [-0.1, -0.05) is 52.8 Å². The van der Waals surface area contributed by atoms with Gasteiger partial charge in [0.1, 0.15) is 0 Å². The Morgan fingerprint density at radius 3 is 2.47 bits per heavy atom. The van der Waals surface area contributed by atoms with Crippen LogP contribution in [0.2, 0.25) is 0 Å². The second-order valence-electron chi connectivity index (χ2n) is 11.1. The third-order valence-electron chi connectivity index (χ3n) is 8.58. The van der Waals surface area contributed by atoms with Gasteiger partial charge >= 0.3 is 5.97 Å². The highest BCUT2D eigenvalue weighted by atomic mass is 16.6. The zero-order valence-corrected chi connectivity index (χ0v) is 20.6. The van der Waals surface area contributed by atoms with E-state index in [0.29, 0.717) is 48.5 Å².